The second-order valence-electron chi connectivity index (χ2n) is 5.33. The molecular weight excluding hydrogens is 246 g/mol. The Hall–Kier alpha value is -1.87. The SMILES string of the molecule is CC(c1ccccc1)N1CCN([n+]2ccccc2)CC1. The van der Waals surface area contributed by atoms with E-state index < -0.39 is 0 Å². The molecule has 1 fully saturated rings. The Balaban J connectivity index is 1.61. The van der Waals surface area contributed by atoms with Gasteiger partial charge in [0.05, 0.1) is 13.1 Å². The van der Waals surface area contributed by atoms with E-state index in [1.165, 1.54) is 5.56 Å². The van der Waals surface area contributed by atoms with Gasteiger partial charge in [-0.25, -0.2) is 0 Å². The van der Waals surface area contributed by atoms with Crippen molar-refractivity contribution < 1.29 is 4.68 Å². The molecule has 3 rings (SSSR count). The van der Waals surface area contributed by atoms with Crippen molar-refractivity contribution >= 4 is 0 Å². The smallest absolute Gasteiger partial charge is 0.199 e. The van der Waals surface area contributed by atoms with Crippen molar-refractivity contribution in [3.63, 3.8) is 0 Å². The summed E-state index contributed by atoms with van der Waals surface area (Å²) < 4.78 is 2.20. The molecule has 0 N–H and O–H groups in total. The van der Waals surface area contributed by atoms with Crippen LogP contribution in [0.15, 0.2) is 60.9 Å². The Morgan fingerprint density at radius 2 is 1.45 bits per heavy atom. The van der Waals surface area contributed by atoms with Gasteiger partial charge in [-0.15, -0.1) is 0 Å². The molecule has 1 aromatic carbocycles. The molecule has 1 aliphatic rings. The normalized spacial score (nSPS) is 17.9. The molecule has 0 radical (unpaired) electrons. The third-order valence-electron chi connectivity index (χ3n) is 4.15. The number of piperazine rings is 1. The van der Waals surface area contributed by atoms with Crippen molar-refractivity contribution in [2.45, 2.75) is 13.0 Å². The summed E-state index contributed by atoms with van der Waals surface area (Å²) in [4.78, 5) is 2.56. The fourth-order valence-electron chi connectivity index (χ4n) is 2.85. The first-order valence-corrected chi connectivity index (χ1v) is 7.35. The minimum absolute atomic E-state index is 0.499. The van der Waals surface area contributed by atoms with Gasteiger partial charge in [-0.3, -0.25) is 4.90 Å². The molecule has 0 aliphatic carbocycles. The maximum absolute atomic E-state index is 2.56. The summed E-state index contributed by atoms with van der Waals surface area (Å²) in [5, 5.41) is 2.40. The van der Waals surface area contributed by atoms with E-state index in [1.54, 1.807) is 0 Å². The monoisotopic (exact) mass is 268 g/mol. The van der Waals surface area contributed by atoms with Crippen molar-refractivity contribution in [2.24, 2.45) is 0 Å². The fraction of sp³-hybridized carbons (Fsp3) is 0.353. The molecule has 0 spiro atoms. The first-order chi connectivity index (χ1) is 9.84. The quantitative estimate of drug-likeness (QED) is 0.788. The lowest BCUT2D eigenvalue weighted by atomic mass is 10.1. The lowest BCUT2D eigenvalue weighted by Crippen LogP contribution is -2.64. The molecule has 2 heterocycles. The predicted octanol–water partition coefficient (Wildman–Crippen LogP) is 1.99. The molecule has 20 heavy (non-hydrogen) atoms. The van der Waals surface area contributed by atoms with Gasteiger partial charge >= 0.3 is 0 Å². The van der Waals surface area contributed by atoms with E-state index in [0.29, 0.717) is 6.04 Å². The van der Waals surface area contributed by atoms with Crippen LogP contribution < -0.4 is 9.69 Å². The summed E-state index contributed by atoms with van der Waals surface area (Å²) in [6.07, 6.45) is 4.24. The lowest BCUT2D eigenvalue weighted by Gasteiger charge is -2.35. The Bertz CT molecular complexity index is 518. The maximum atomic E-state index is 2.56. The van der Waals surface area contributed by atoms with Crippen molar-refractivity contribution in [2.75, 3.05) is 31.2 Å². The molecule has 1 aliphatic heterocycles. The number of benzene rings is 1. The minimum atomic E-state index is 0.499. The van der Waals surface area contributed by atoms with Gasteiger partial charge in [0.2, 0.25) is 0 Å². The molecule has 1 unspecified atom stereocenters. The average Bonchev–Trinajstić information content (AvgIpc) is 2.56. The van der Waals surface area contributed by atoms with E-state index in [4.69, 9.17) is 0 Å². The van der Waals surface area contributed by atoms with Crippen LogP contribution in [-0.2, 0) is 0 Å². The second kappa shape index (κ2) is 6.06. The molecule has 0 bridgehead atoms. The molecular formula is C17H22N3+. The Morgan fingerprint density at radius 1 is 0.850 bits per heavy atom. The maximum Gasteiger partial charge on any atom is 0.199 e. The fourth-order valence-corrected chi connectivity index (χ4v) is 2.85. The zero-order chi connectivity index (χ0) is 13.8. The molecule has 1 aromatic heterocycles. The summed E-state index contributed by atoms with van der Waals surface area (Å²) >= 11 is 0. The molecule has 3 heteroatoms. The predicted molar refractivity (Wildman–Crippen MR) is 81.0 cm³/mol. The van der Waals surface area contributed by atoms with Crippen LogP contribution in [0.4, 0.5) is 0 Å². The zero-order valence-corrected chi connectivity index (χ0v) is 12.0. The summed E-state index contributed by atoms with van der Waals surface area (Å²) in [7, 11) is 0. The number of hydrogen-bond donors (Lipinski definition) is 0. The lowest BCUT2D eigenvalue weighted by molar-refractivity contribution is -0.694. The molecule has 1 saturated heterocycles. The Kier molecular flexibility index (Phi) is 3.97. The summed E-state index contributed by atoms with van der Waals surface area (Å²) in [5.74, 6) is 0. The van der Waals surface area contributed by atoms with Gasteiger partial charge in [-0.1, -0.05) is 41.1 Å². The van der Waals surface area contributed by atoms with Gasteiger partial charge in [0.25, 0.3) is 0 Å². The highest BCUT2D eigenvalue weighted by molar-refractivity contribution is 5.18. The van der Waals surface area contributed by atoms with E-state index in [1.807, 2.05) is 0 Å². The summed E-state index contributed by atoms with van der Waals surface area (Å²) in [6.45, 7) is 6.67. The number of pyridine rings is 1. The van der Waals surface area contributed by atoms with Gasteiger partial charge in [0, 0.05) is 31.3 Å². The Morgan fingerprint density at radius 3 is 2.10 bits per heavy atom. The Labute approximate surface area is 121 Å². The van der Waals surface area contributed by atoms with E-state index in [0.717, 1.165) is 26.2 Å². The number of rotatable bonds is 3. The minimum Gasteiger partial charge on any atom is -0.293 e. The van der Waals surface area contributed by atoms with Gasteiger partial charge in [0.15, 0.2) is 12.4 Å². The molecule has 2 aromatic rings. The van der Waals surface area contributed by atoms with Crippen LogP contribution >= 0.6 is 0 Å². The second-order valence-corrected chi connectivity index (χ2v) is 5.33. The largest absolute Gasteiger partial charge is 0.293 e. The average molecular weight is 268 g/mol. The van der Waals surface area contributed by atoms with Crippen LogP contribution in [0.25, 0.3) is 0 Å². The topological polar surface area (TPSA) is 10.4 Å². The third kappa shape index (κ3) is 2.83. The highest BCUT2D eigenvalue weighted by atomic mass is 15.6. The van der Waals surface area contributed by atoms with Gasteiger partial charge in [-0.2, -0.15) is 5.01 Å². The molecule has 0 saturated carbocycles. The first-order valence-electron chi connectivity index (χ1n) is 7.35. The van der Waals surface area contributed by atoms with Crippen LogP contribution in [0.2, 0.25) is 0 Å². The number of hydrogen-bond acceptors (Lipinski definition) is 2. The summed E-state index contributed by atoms with van der Waals surface area (Å²) in [5.41, 5.74) is 1.41. The van der Waals surface area contributed by atoms with Crippen LogP contribution in [0.5, 0.6) is 0 Å². The zero-order valence-electron chi connectivity index (χ0n) is 12.0. The van der Waals surface area contributed by atoms with E-state index in [2.05, 4.69) is 82.4 Å². The first kappa shape index (κ1) is 13.1. The van der Waals surface area contributed by atoms with Crippen LogP contribution in [0, 0.1) is 0 Å². The van der Waals surface area contributed by atoms with Crippen molar-refractivity contribution in [3.05, 3.63) is 66.5 Å². The van der Waals surface area contributed by atoms with Gasteiger partial charge < -0.3 is 0 Å². The molecule has 104 valence electrons. The third-order valence-corrected chi connectivity index (χ3v) is 4.15. The van der Waals surface area contributed by atoms with Crippen LogP contribution in [0.3, 0.4) is 0 Å². The molecule has 3 nitrogen and oxygen atoms in total. The van der Waals surface area contributed by atoms with Crippen molar-refractivity contribution in [1.82, 2.24) is 4.90 Å². The van der Waals surface area contributed by atoms with Crippen molar-refractivity contribution in [1.29, 1.82) is 0 Å². The van der Waals surface area contributed by atoms with Gasteiger partial charge in [0.1, 0.15) is 0 Å². The van der Waals surface area contributed by atoms with Gasteiger partial charge in [-0.05, 0) is 12.5 Å². The van der Waals surface area contributed by atoms with Crippen LogP contribution in [-0.4, -0.2) is 31.1 Å². The van der Waals surface area contributed by atoms with E-state index >= 15 is 0 Å². The number of nitrogens with zero attached hydrogens (tertiary/aromatic N) is 3. The van der Waals surface area contributed by atoms with E-state index in [-0.39, 0.29) is 0 Å². The number of aromatic nitrogens is 1. The highest BCUT2D eigenvalue weighted by Crippen LogP contribution is 2.20. The van der Waals surface area contributed by atoms with E-state index in [9.17, 15) is 0 Å². The highest BCUT2D eigenvalue weighted by Gasteiger charge is 2.25. The summed E-state index contributed by atoms with van der Waals surface area (Å²) in [6, 6.07) is 17.5. The molecule has 1 atom stereocenters. The van der Waals surface area contributed by atoms with Crippen molar-refractivity contribution in [3.8, 4) is 0 Å². The standard InChI is InChI=1S/C17H22N3/c1-16(17-8-4-2-5-9-17)18-12-14-20(15-13-18)19-10-6-3-7-11-19/h2-11,16H,12-15H2,1H3/q+1. The van der Waals surface area contributed by atoms with Crippen LogP contribution in [0.1, 0.15) is 18.5 Å². The molecule has 0 amide bonds.